The molecule has 9 heteroatoms. The lowest BCUT2D eigenvalue weighted by atomic mass is 10.3. The molecule has 1 fully saturated rings. The molecule has 1 aromatic carbocycles. The Morgan fingerprint density at radius 3 is 2.65 bits per heavy atom. The van der Waals surface area contributed by atoms with Gasteiger partial charge in [-0.05, 0) is 50.2 Å². The monoisotopic (exact) mass is 452 g/mol. The van der Waals surface area contributed by atoms with Crippen LogP contribution in [-0.4, -0.2) is 42.1 Å². The van der Waals surface area contributed by atoms with Gasteiger partial charge < -0.3 is 0 Å². The minimum absolute atomic E-state index is 0.151. The summed E-state index contributed by atoms with van der Waals surface area (Å²) in [5.74, 6) is 1.44. The van der Waals surface area contributed by atoms with Crippen LogP contribution >= 0.6 is 23.4 Å². The van der Waals surface area contributed by atoms with Crippen molar-refractivity contribution in [1.29, 1.82) is 0 Å². The summed E-state index contributed by atoms with van der Waals surface area (Å²) in [5, 5.41) is 10.3. The Bertz CT molecular complexity index is 1270. The standard InChI is InChI=1S/C22H21ClN6OS/c23-16-8-9-19-24-17(12-21(30)28(19)13-16)15-31-22-26-25-20(14-27-10-4-5-11-27)29(22)18-6-2-1-3-7-18/h1-3,6-9,12-13H,4-5,10-11,14-15H2. The van der Waals surface area contributed by atoms with Crippen LogP contribution in [0.25, 0.3) is 11.3 Å². The summed E-state index contributed by atoms with van der Waals surface area (Å²) in [7, 11) is 0. The van der Waals surface area contributed by atoms with Crippen LogP contribution < -0.4 is 5.56 Å². The molecule has 158 valence electrons. The van der Waals surface area contributed by atoms with E-state index in [0.29, 0.717) is 22.1 Å². The van der Waals surface area contributed by atoms with E-state index in [2.05, 4.69) is 36.8 Å². The van der Waals surface area contributed by atoms with Gasteiger partial charge in [0.2, 0.25) is 0 Å². The molecule has 3 aromatic heterocycles. The van der Waals surface area contributed by atoms with Crippen molar-refractivity contribution >= 4 is 29.0 Å². The lowest BCUT2D eigenvalue weighted by Gasteiger charge is -2.16. The van der Waals surface area contributed by atoms with Gasteiger partial charge in [0, 0.05) is 23.7 Å². The number of benzene rings is 1. The first-order valence-electron chi connectivity index (χ1n) is 10.2. The van der Waals surface area contributed by atoms with E-state index in [1.165, 1.54) is 29.0 Å². The molecular weight excluding hydrogens is 432 g/mol. The Labute approximate surface area is 188 Å². The number of aromatic nitrogens is 5. The zero-order valence-electron chi connectivity index (χ0n) is 16.8. The topological polar surface area (TPSA) is 68.3 Å². The minimum atomic E-state index is -0.151. The molecule has 0 N–H and O–H groups in total. The maximum atomic E-state index is 12.5. The normalized spacial score (nSPS) is 14.5. The van der Waals surface area contributed by atoms with Gasteiger partial charge in [-0.3, -0.25) is 18.7 Å². The fraction of sp³-hybridized carbons (Fsp3) is 0.273. The van der Waals surface area contributed by atoms with Crippen molar-refractivity contribution in [1.82, 2.24) is 29.0 Å². The highest BCUT2D eigenvalue weighted by Gasteiger charge is 2.19. The molecule has 1 aliphatic rings. The number of pyridine rings is 1. The zero-order valence-corrected chi connectivity index (χ0v) is 18.4. The molecule has 1 aliphatic heterocycles. The second kappa shape index (κ2) is 8.82. The number of halogens is 1. The lowest BCUT2D eigenvalue weighted by Crippen LogP contribution is -2.21. The highest BCUT2D eigenvalue weighted by molar-refractivity contribution is 7.98. The average Bonchev–Trinajstić information content (AvgIpc) is 3.44. The molecule has 4 heterocycles. The minimum Gasteiger partial charge on any atom is -0.296 e. The van der Waals surface area contributed by atoms with Crippen molar-refractivity contribution in [3.8, 4) is 5.69 Å². The molecule has 1 saturated heterocycles. The zero-order chi connectivity index (χ0) is 21.2. The highest BCUT2D eigenvalue weighted by Crippen LogP contribution is 2.26. The van der Waals surface area contributed by atoms with Gasteiger partial charge in [0.15, 0.2) is 11.0 Å². The fourth-order valence-corrected chi connectivity index (χ4v) is 4.84. The highest BCUT2D eigenvalue weighted by atomic mass is 35.5. The Balaban J connectivity index is 1.44. The van der Waals surface area contributed by atoms with Crippen molar-refractivity contribution in [3.05, 3.63) is 81.6 Å². The first-order valence-corrected chi connectivity index (χ1v) is 11.6. The number of para-hydroxylation sites is 1. The van der Waals surface area contributed by atoms with E-state index in [-0.39, 0.29) is 5.56 Å². The molecule has 0 atom stereocenters. The van der Waals surface area contributed by atoms with Crippen molar-refractivity contribution in [2.45, 2.75) is 30.3 Å². The molecule has 0 unspecified atom stereocenters. The van der Waals surface area contributed by atoms with Gasteiger partial charge in [-0.15, -0.1) is 10.2 Å². The van der Waals surface area contributed by atoms with Gasteiger partial charge >= 0.3 is 0 Å². The van der Waals surface area contributed by atoms with Gasteiger partial charge in [0.25, 0.3) is 5.56 Å². The predicted molar refractivity (Wildman–Crippen MR) is 122 cm³/mol. The molecule has 0 amide bonds. The Hall–Kier alpha value is -2.68. The molecule has 7 nitrogen and oxygen atoms in total. The second-order valence-electron chi connectivity index (χ2n) is 7.50. The van der Waals surface area contributed by atoms with E-state index in [0.717, 1.165) is 36.3 Å². The van der Waals surface area contributed by atoms with E-state index in [4.69, 9.17) is 11.6 Å². The van der Waals surface area contributed by atoms with Crippen molar-refractivity contribution in [3.63, 3.8) is 0 Å². The first kappa shape index (κ1) is 20.2. The third kappa shape index (κ3) is 4.37. The molecule has 5 rings (SSSR count). The van der Waals surface area contributed by atoms with Gasteiger partial charge in [0.05, 0.1) is 17.3 Å². The number of hydrogen-bond acceptors (Lipinski definition) is 6. The summed E-state index contributed by atoms with van der Waals surface area (Å²) in [6.07, 6.45) is 4.05. The van der Waals surface area contributed by atoms with Gasteiger partial charge in [0.1, 0.15) is 5.65 Å². The molecule has 0 bridgehead atoms. The molecule has 0 radical (unpaired) electrons. The molecule has 0 saturated carbocycles. The predicted octanol–water partition coefficient (Wildman–Crippen LogP) is 3.82. The molecule has 0 aliphatic carbocycles. The third-order valence-corrected chi connectivity index (χ3v) is 6.49. The molecule has 31 heavy (non-hydrogen) atoms. The number of thioether (sulfide) groups is 1. The van der Waals surface area contributed by atoms with Crippen LogP contribution in [0, 0.1) is 0 Å². The second-order valence-corrected chi connectivity index (χ2v) is 8.88. The number of likely N-dealkylation sites (tertiary alicyclic amines) is 1. The SMILES string of the molecule is O=c1cc(CSc2nnc(CN3CCCC3)n2-c2ccccc2)nc2ccc(Cl)cn12. The molecule has 4 aromatic rings. The van der Waals surface area contributed by atoms with E-state index in [1.807, 2.05) is 18.2 Å². The molecule has 0 spiro atoms. The number of nitrogens with zero attached hydrogens (tertiary/aromatic N) is 6. The smallest absolute Gasteiger partial charge is 0.258 e. The summed E-state index contributed by atoms with van der Waals surface area (Å²) in [4.78, 5) is 19.5. The average molecular weight is 453 g/mol. The summed E-state index contributed by atoms with van der Waals surface area (Å²) < 4.78 is 3.56. The van der Waals surface area contributed by atoms with Crippen molar-refractivity contribution < 1.29 is 0 Å². The van der Waals surface area contributed by atoms with Crippen LogP contribution in [0.2, 0.25) is 5.02 Å². The number of fused-ring (bicyclic) bond motifs is 1. The Kier molecular flexibility index (Phi) is 5.76. The van der Waals surface area contributed by atoms with E-state index >= 15 is 0 Å². The lowest BCUT2D eigenvalue weighted by molar-refractivity contribution is 0.319. The first-order chi connectivity index (χ1) is 15.2. The summed E-state index contributed by atoms with van der Waals surface area (Å²) in [6.45, 7) is 2.97. The van der Waals surface area contributed by atoms with Crippen LogP contribution in [0.15, 0.2) is 64.7 Å². The van der Waals surface area contributed by atoms with Crippen LogP contribution in [0.1, 0.15) is 24.4 Å². The number of hydrogen-bond donors (Lipinski definition) is 0. The quantitative estimate of drug-likeness (QED) is 0.414. The van der Waals surface area contributed by atoms with Gasteiger partial charge in [-0.2, -0.15) is 0 Å². The summed E-state index contributed by atoms with van der Waals surface area (Å²) >= 11 is 7.53. The Morgan fingerprint density at radius 2 is 1.84 bits per heavy atom. The van der Waals surface area contributed by atoms with Crippen LogP contribution in [0.4, 0.5) is 0 Å². The maximum absolute atomic E-state index is 12.5. The largest absolute Gasteiger partial charge is 0.296 e. The van der Waals surface area contributed by atoms with Crippen LogP contribution in [0.5, 0.6) is 0 Å². The Morgan fingerprint density at radius 1 is 1.03 bits per heavy atom. The third-order valence-electron chi connectivity index (χ3n) is 5.30. The van der Waals surface area contributed by atoms with Gasteiger partial charge in [-0.25, -0.2) is 4.98 Å². The van der Waals surface area contributed by atoms with Crippen molar-refractivity contribution in [2.24, 2.45) is 0 Å². The number of rotatable bonds is 6. The van der Waals surface area contributed by atoms with E-state index in [9.17, 15) is 4.79 Å². The van der Waals surface area contributed by atoms with Crippen molar-refractivity contribution in [2.75, 3.05) is 13.1 Å². The van der Waals surface area contributed by atoms with E-state index < -0.39 is 0 Å². The van der Waals surface area contributed by atoms with Gasteiger partial charge in [-0.1, -0.05) is 41.6 Å². The summed E-state index contributed by atoms with van der Waals surface area (Å²) in [5.41, 5.74) is 2.15. The summed E-state index contributed by atoms with van der Waals surface area (Å²) in [6, 6.07) is 15.2. The fourth-order valence-electron chi connectivity index (χ4n) is 3.81. The van der Waals surface area contributed by atoms with Crippen LogP contribution in [0.3, 0.4) is 0 Å². The van der Waals surface area contributed by atoms with Crippen LogP contribution in [-0.2, 0) is 12.3 Å². The van der Waals surface area contributed by atoms with E-state index in [1.54, 1.807) is 24.4 Å². The molecular formula is C22H21ClN6OS. The maximum Gasteiger partial charge on any atom is 0.258 e.